The molecule has 0 N–H and O–H groups in total. The fraction of sp³-hybridized carbons (Fsp3) is 0.250. The summed E-state index contributed by atoms with van der Waals surface area (Å²) in [6.07, 6.45) is 0.685. The van der Waals surface area contributed by atoms with Crippen LogP contribution in [-0.4, -0.2) is 56.9 Å². The maximum Gasteiger partial charge on any atom is 0.244 e. The number of hydrogen-bond acceptors (Lipinski definition) is 5. The zero-order valence-electron chi connectivity index (χ0n) is 20.3. The van der Waals surface area contributed by atoms with E-state index in [2.05, 4.69) is 0 Å². The van der Waals surface area contributed by atoms with Gasteiger partial charge in [0.1, 0.15) is 5.82 Å². The number of amides is 1. The van der Waals surface area contributed by atoms with E-state index in [0.717, 1.165) is 16.5 Å². The lowest BCUT2D eigenvalue weighted by atomic mass is 9.93. The number of fused-ring (bicyclic) bond motifs is 2. The fourth-order valence-corrected chi connectivity index (χ4v) is 7.36. The number of carbonyl (C=O) groups excluding carboxylic acids is 1. The predicted molar refractivity (Wildman–Crippen MR) is 143 cm³/mol. The number of nitrogens with zero attached hydrogens (tertiary/aromatic N) is 2. The normalized spacial score (nSPS) is 15.8. The van der Waals surface area contributed by atoms with Gasteiger partial charge in [0.25, 0.3) is 0 Å². The Balaban J connectivity index is 1.49. The number of benzene rings is 3. The van der Waals surface area contributed by atoms with E-state index in [-0.39, 0.29) is 36.3 Å². The van der Waals surface area contributed by atoms with Crippen molar-refractivity contribution in [1.82, 2.24) is 9.21 Å². The number of hydrogen-bond donors (Lipinski definition) is 0. The Bertz CT molecular complexity index is 1510. The highest BCUT2D eigenvalue weighted by atomic mass is 32.2. The second-order valence-corrected chi connectivity index (χ2v) is 11.8. The summed E-state index contributed by atoms with van der Waals surface area (Å²) in [5.41, 5.74) is 1.78. The fourth-order valence-electron chi connectivity index (χ4n) is 4.87. The number of methoxy groups -OCH3 is 1. The van der Waals surface area contributed by atoms with Gasteiger partial charge in [-0.3, -0.25) is 4.79 Å². The monoisotopic (exact) mass is 538 g/mol. The Morgan fingerprint density at radius 3 is 2.62 bits per heavy atom. The van der Waals surface area contributed by atoms with Crippen molar-refractivity contribution in [2.24, 2.45) is 0 Å². The molecule has 5 rings (SSSR count). The molecule has 1 aromatic heterocycles. The van der Waals surface area contributed by atoms with Gasteiger partial charge in [0.2, 0.25) is 15.9 Å². The lowest BCUT2D eigenvalue weighted by molar-refractivity contribution is -0.133. The smallest absolute Gasteiger partial charge is 0.244 e. The SMILES string of the molecule is COCCN(CC(=O)N1CCc2sccc2C1c1ccc(F)cc1)S(=O)(=O)c1cccc2ccccc12. The number of sulfonamides is 1. The van der Waals surface area contributed by atoms with E-state index in [4.69, 9.17) is 4.74 Å². The largest absolute Gasteiger partial charge is 0.383 e. The van der Waals surface area contributed by atoms with E-state index < -0.39 is 16.1 Å². The molecule has 0 spiro atoms. The summed E-state index contributed by atoms with van der Waals surface area (Å²) < 4.78 is 47.8. The van der Waals surface area contributed by atoms with E-state index in [9.17, 15) is 17.6 Å². The van der Waals surface area contributed by atoms with E-state index in [1.165, 1.54) is 28.4 Å². The summed E-state index contributed by atoms with van der Waals surface area (Å²) in [5.74, 6) is -0.666. The minimum Gasteiger partial charge on any atom is -0.383 e. The molecule has 2 heterocycles. The standard InChI is InChI=1S/C28H27FN2O4S2/c1-35-17-16-30(37(33,34)26-8-4-6-20-5-2-3-7-23(20)26)19-27(32)31-15-13-25-24(14-18-36-25)28(31)21-9-11-22(29)12-10-21/h2-12,14,18,28H,13,15-17,19H2,1H3. The number of halogens is 1. The highest BCUT2D eigenvalue weighted by Crippen LogP contribution is 2.38. The molecule has 6 nitrogen and oxygen atoms in total. The predicted octanol–water partition coefficient (Wildman–Crippen LogP) is 4.85. The van der Waals surface area contributed by atoms with Crippen molar-refractivity contribution in [2.45, 2.75) is 17.4 Å². The Kier molecular flexibility index (Phi) is 7.39. The molecule has 1 aliphatic rings. The zero-order valence-corrected chi connectivity index (χ0v) is 22.0. The van der Waals surface area contributed by atoms with Crippen LogP contribution in [0.3, 0.4) is 0 Å². The van der Waals surface area contributed by atoms with Crippen LogP contribution in [0, 0.1) is 5.82 Å². The van der Waals surface area contributed by atoms with E-state index in [1.54, 1.807) is 52.6 Å². The first-order valence-corrected chi connectivity index (χ1v) is 14.3. The minimum atomic E-state index is -4.01. The summed E-state index contributed by atoms with van der Waals surface area (Å²) in [4.78, 5) is 16.8. The lowest BCUT2D eigenvalue weighted by Gasteiger charge is -2.37. The van der Waals surface area contributed by atoms with Crippen LogP contribution in [0.1, 0.15) is 22.0 Å². The maximum absolute atomic E-state index is 13.9. The van der Waals surface area contributed by atoms with Crippen LogP contribution >= 0.6 is 11.3 Å². The third kappa shape index (κ3) is 5.04. The summed E-state index contributed by atoms with van der Waals surface area (Å²) in [5, 5.41) is 3.40. The van der Waals surface area contributed by atoms with Crippen molar-refractivity contribution >= 4 is 38.0 Å². The molecule has 37 heavy (non-hydrogen) atoms. The van der Waals surface area contributed by atoms with Crippen molar-refractivity contribution in [3.8, 4) is 0 Å². The van der Waals surface area contributed by atoms with Gasteiger partial charge < -0.3 is 9.64 Å². The summed E-state index contributed by atoms with van der Waals surface area (Å²) >= 11 is 1.63. The van der Waals surface area contributed by atoms with Gasteiger partial charge in [0.15, 0.2) is 0 Å². The molecule has 0 aliphatic carbocycles. The Morgan fingerprint density at radius 2 is 1.84 bits per heavy atom. The molecule has 192 valence electrons. The molecule has 4 aromatic rings. The van der Waals surface area contributed by atoms with E-state index in [0.29, 0.717) is 18.4 Å². The van der Waals surface area contributed by atoms with Gasteiger partial charge in [-0.05, 0) is 52.6 Å². The van der Waals surface area contributed by atoms with Crippen LogP contribution < -0.4 is 0 Å². The second kappa shape index (κ2) is 10.7. The average Bonchev–Trinajstić information content (AvgIpc) is 3.39. The number of ether oxygens (including phenoxy) is 1. The van der Waals surface area contributed by atoms with E-state index >= 15 is 0 Å². The first-order valence-electron chi connectivity index (χ1n) is 12.0. The van der Waals surface area contributed by atoms with Crippen LogP contribution in [0.4, 0.5) is 4.39 Å². The first kappa shape index (κ1) is 25.5. The molecule has 9 heteroatoms. The van der Waals surface area contributed by atoms with E-state index in [1.807, 2.05) is 29.6 Å². The third-order valence-corrected chi connectivity index (χ3v) is 9.60. The van der Waals surface area contributed by atoms with Crippen molar-refractivity contribution in [3.63, 3.8) is 0 Å². The lowest BCUT2D eigenvalue weighted by Crippen LogP contribution is -2.47. The third-order valence-electron chi connectivity index (χ3n) is 6.70. The van der Waals surface area contributed by atoms with Crippen molar-refractivity contribution in [1.29, 1.82) is 0 Å². The molecule has 3 aromatic carbocycles. The number of rotatable bonds is 8. The molecular weight excluding hydrogens is 511 g/mol. The van der Waals surface area contributed by atoms with Crippen LogP contribution in [0.2, 0.25) is 0 Å². The topological polar surface area (TPSA) is 66.9 Å². The highest BCUT2D eigenvalue weighted by molar-refractivity contribution is 7.89. The zero-order chi connectivity index (χ0) is 26.0. The summed E-state index contributed by atoms with van der Waals surface area (Å²) in [7, 11) is -2.51. The van der Waals surface area contributed by atoms with Gasteiger partial charge in [-0.2, -0.15) is 4.31 Å². The quantitative estimate of drug-likeness (QED) is 0.322. The van der Waals surface area contributed by atoms with Gasteiger partial charge in [-0.1, -0.05) is 48.5 Å². The molecule has 0 radical (unpaired) electrons. The Hall–Kier alpha value is -3.11. The molecule has 1 amide bonds. The second-order valence-electron chi connectivity index (χ2n) is 8.90. The average molecular weight is 539 g/mol. The van der Waals surface area contributed by atoms with Gasteiger partial charge in [0, 0.05) is 30.5 Å². The highest BCUT2D eigenvalue weighted by Gasteiger charge is 2.36. The van der Waals surface area contributed by atoms with Gasteiger partial charge in [-0.25, -0.2) is 12.8 Å². The van der Waals surface area contributed by atoms with Crippen molar-refractivity contribution in [3.05, 3.63) is 100.0 Å². The van der Waals surface area contributed by atoms with Crippen molar-refractivity contribution in [2.75, 3.05) is 33.4 Å². The Morgan fingerprint density at radius 1 is 1.08 bits per heavy atom. The van der Waals surface area contributed by atoms with Gasteiger partial charge in [-0.15, -0.1) is 11.3 Å². The Labute approximate surface area is 220 Å². The minimum absolute atomic E-state index is 0.0343. The van der Waals surface area contributed by atoms with Crippen LogP contribution in [0.5, 0.6) is 0 Å². The molecule has 1 unspecified atom stereocenters. The molecule has 1 atom stereocenters. The molecule has 0 saturated carbocycles. The van der Waals surface area contributed by atoms with Crippen LogP contribution in [-0.2, 0) is 26.0 Å². The summed E-state index contributed by atoms with van der Waals surface area (Å²) in [6.45, 7) is 0.298. The summed E-state index contributed by atoms with van der Waals surface area (Å²) in [6, 6.07) is 20.1. The van der Waals surface area contributed by atoms with Gasteiger partial charge >= 0.3 is 0 Å². The van der Waals surface area contributed by atoms with Crippen LogP contribution in [0.25, 0.3) is 10.8 Å². The molecule has 0 fully saturated rings. The molecular formula is C28H27FN2O4S2. The number of carbonyl (C=O) groups is 1. The van der Waals surface area contributed by atoms with Gasteiger partial charge in [0.05, 0.1) is 24.1 Å². The molecule has 1 aliphatic heterocycles. The van der Waals surface area contributed by atoms with Crippen molar-refractivity contribution < 1.29 is 22.3 Å². The van der Waals surface area contributed by atoms with Crippen LogP contribution in [0.15, 0.2) is 83.1 Å². The maximum atomic E-state index is 13.9. The first-order chi connectivity index (χ1) is 17.9. The number of thiophene rings is 1. The molecule has 0 saturated heterocycles. The molecule has 0 bridgehead atoms.